The highest BCUT2D eigenvalue weighted by Gasteiger charge is 2.43. The number of hydrogen-bond acceptors (Lipinski definition) is 5. The van der Waals surface area contributed by atoms with E-state index in [-0.39, 0.29) is 6.04 Å². The summed E-state index contributed by atoms with van der Waals surface area (Å²) in [6.07, 6.45) is 4.13. The summed E-state index contributed by atoms with van der Waals surface area (Å²) in [5.74, 6) is -1.36. The number of nitrogens with one attached hydrogen (secondary N) is 1. The molecule has 1 fully saturated rings. The molecule has 1 amide bonds. The van der Waals surface area contributed by atoms with Crippen LogP contribution < -0.4 is 5.32 Å². The summed E-state index contributed by atoms with van der Waals surface area (Å²) in [5.41, 5.74) is 0.532. The maximum atomic E-state index is 13.2. The van der Waals surface area contributed by atoms with Crippen LogP contribution in [-0.4, -0.2) is 37.3 Å². The average Bonchev–Trinajstić information content (AvgIpc) is 3.40. The molecule has 3 aromatic rings. The second kappa shape index (κ2) is 7.01. The van der Waals surface area contributed by atoms with Gasteiger partial charge in [0.15, 0.2) is 5.65 Å². The third kappa shape index (κ3) is 3.07. The standard InChI is InChI=1S/C20H22N4O3S/c1-12(2)24-17-14(11-21-24)13(10-15(22-17)16-6-5-9-28-16)18(25)23-20(19(26)27)7-3-4-8-20/h5-6,9-12H,3-4,7-8H2,1-2H3,(H,23,25)(H,26,27). The molecule has 146 valence electrons. The van der Waals surface area contributed by atoms with Crippen LogP contribution in [0.5, 0.6) is 0 Å². The first-order valence-corrected chi connectivity index (χ1v) is 10.3. The number of rotatable bonds is 5. The lowest BCUT2D eigenvalue weighted by molar-refractivity contribution is -0.144. The van der Waals surface area contributed by atoms with Crippen LogP contribution in [0.3, 0.4) is 0 Å². The van der Waals surface area contributed by atoms with Gasteiger partial charge in [-0.15, -0.1) is 11.3 Å². The zero-order valence-corrected chi connectivity index (χ0v) is 16.6. The van der Waals surface area contributed by atoms with Gasteiger partial charge in [-0.25, -0.2) is 14.5 Å². The van der Waals surface area contributed by atoms with Crippen LogP contribution in [0.15, 0.2) is 29.8 Å². The molecule has 0 atom stereocenters. The van der Waals surface area contributed by atoms with Gasteiger partial charge < -0.3 is 10.4 Å². The molecule has 3 heterocycles. The number of carboxylic acids is 1. The lowest BCUT2D eigenvalue weighted by Crippen LogP contribution is -2.52. The van der Waals surface area contributed by atoms with E-state index in [0.717, 1.165) is 17.7 Å². The lowest BCUT2D eigenvalue weighted by Gasteiger charge is -2.25. The van der Waals surface area contributed by atoms with Crippen molar-refractivity contribution in [2.75, 3.05) is 0 Å². The van der Waals surface area contributed by atoms with E-state index in [1.165, 1.54) is 0 Å². The fourth-order valence-corrected chi connectivity index (χ4v) is 4.48. The van der Waals surface area contributed by atoms with Crippen LogP contribution in [0.2, 0.25) is 0 Å². The highest BCUT2D eigenvalue weighted by molar-refractivity contribution is 7.13. The van der Waals surface area contributed by atoms with Crippen LogP contribution in [0.25, 0.3) is 21.6 Å². The van der Waals surface area contributed by atoms with E-state index in [0.29, 0.717) is 35.1 Å². The Bertz CT molecular complexity index is 1030. The summed E-state index contributed by atoms with van der Waals surface area (Å²) in [4.78, 5) is 30.7. The van der Waals surface area contributed by atoms with Gasteiger partial charge in [0.1, 0.15) is 5.54 Å². The molecule has 28 heavy (non-hydrogen) atoms. The Morgan fingerprint density at radius 2 is 2.07 bits per heavy atom. The minimum absolute atomic E-state index is 0.0830. The zero-order chi connectivity index (χ0) is 19.9. The van der Waals surface area contributed by atoms with Crippen LogP contribution in [-0.2, 0) is 4.79 Å². The molecule has 8 heteroatoms. The minimum Gasteiger partial charge on any atom is -0.480 e. The number of thiophene rings is 1. The molecule has 0 spiro atoms. The predicted octanol–water partition coefficient (Wildman–Crippen LogP) is 3.87. The van der Waals surface area contributed by atoms with E-state index in [1.807, 2.05) is 31.4 Å². The van der Waals surface area contributed by atoms with Crippen molar-refractivity contribution in [3.63, 3.8) is 0 Å². The molecule has 0 saturated heterocycles. The fraction of sp³-hybridized carbons (Fsp3) is 0.400. The Kier molecular flexibility index (Phi) is 4.66. The second-order valence-corrected chi connectivity index (χ2v) is 8.45. The summed E-state index contributed by atoms with van der Waals surface area (Å²) in [6.45, 7) is 4.01. The van der Waals surface area contributed by atoms with Crippen LogP contribution >= 0.6 is 11.3 Å². The van der Waals surface area contributed by atoms with Gasteiger partial charge in [-0.1, -0.05) is 18.9 Å². The van der Waals surface area contributed by atoms with Gasteiger partial charge >= 0.3 is 5.97 Å². The first-order valence-electron chi connectivity index (χ1n) is 9.39. The van der Waals surface area contributed by atoms with Crippen LogP contribution in [0.4, 0.5) is 0 Å². The highest BCUT2D eigenvalue weighted by Crippen LogP contribution is 2.32. The summed E-state index contributed by atoms with van der Waals surface area (Å²) in [5, 5.41) is 19.5. The minimum atomic E-state index is -1.19. The van der Waals surface area contributed by atoms with Gasteiger partial charge in [0.25, 0.3) is 5.91 Å². The molecule has 0 aromatic carbocycles. The fourth-order valence-electron chi connectivity index (χ4n) is 3.79. The van der Waals surface area contributed by atoms with Gasteiger partial charge in [-0.05, 0) is 44.2 Å². The van der Waals surface area contributed by atoms with E-state index < -0.39 is 17.4 Å². The third-order valence-corrected chi connectivity index (χ3v) is 6.19. The number of aromatic nitrogens is 3. The Hall–Kier alpha value is -2.74. The van der Waals surface area contributed by atoms with E-state index in [1.54, 1.807) is 28.3 Å². The van der Waals surface area contributed by atoms with Crippen molar-refractivity contribution in [3.05, 3.63) is 35.3 Å². The Balaban J connectivity index is 1.83. The number of fused-ring (bicyclic) bond motifs is 1. The van der Waals surface area contributed by atoms with Gasteiger partial charge in [0, 0.05) is 6.04 Å². The quantitative estimate of drug-likeness (QED) is 0.680. The predicted molar refractivity (Wildman–Crippen MR) is 108 cm³/mol. The van der Waals surface area contributed by atoms with Crippen LogP contribution in [0, 0.1) is 0 Å². The molecule has 4 rings (SSSR count). The van der Waals surface area contributed by atoms with Crippen molar-refractivity contribution in [1.29, 1.82) is 0 Å². The smallest absolute Gasteiger partial charge is 0.329 e. The molecular formula is C20H22N4O3S. The number of carbonyl (C=O) groups excluding carboxylic acids is 1. The molecule has 1 saturated carbocycles. The summed E-state index contributed by atoms with van der Waals surface area (Å²) < 4.78 is 1.78. The number of nitrogens with zero attached hydrogens (tertiary/aromatic N) is 3. The highest BCUT2D eigenvalue weighted by atomic mass is 32.1. The molecule has 0 unspecified atom stereocenters. The van der Waals surface area contributed by atoms with E-state index in [4.69, 9.17) is 4.98 Å². The third-order valence-electron chi connectivity index (χ3n) is 5.29. The molecule has 1 aliphatic rings. The van der Waals surface area contributed by atoms with Crippen molar-refractivity contribution < 1.29 is 14.7 Å². The summed E-state index contributed by atoms with van der Waals surface area (Å²) in [6, 6.07) is 5.70. The number of pyridine rings is 1. The Labute approximate surface area is 166 Å². The number of carbonyl (C=O) groups is 2. The van der Waals surface area contributed by atoms with Crippen LogP contribution in [0.1, 0.15) is 55.9 Å². The van der Waals surface area contributed by atoms with Gasteiger partial charge in [0.05, 0.1) is 27.7 Å². The SMILES string of the molecule is CC(C)n1ncc2c(C(=O)NC3(C(=O)O)CCCC3)cc(-c3cccs3)nc21. The number of amides is 1. The Morgan fingerprint density at radius 1 is 1.32 bits per heavy atom. The van der Waals surface area contributed by atoms with E-state index in [9.17, 15) is 14.7 Å². The first-order chi connectivity index (χ1) is 13.4. The normalized spacial score (nSPS) is 16.0. The molecule has 3 aromatic heterocycles. The monoisotopic (exact) mass is 398 g/mol. The molecule has 0 bridgehead atoms. The topological polar surface area (TPSA) is 97.1 Å². The maximum absolute atomic E-state index is 13.2. The zero-order valence-electron chi connectivity index (χ0n) is 15.8. The number of carboxylic acid groups (broad SMARTS) is 1. The van der Waals surface area contributed by atoms with Crippen molar-refractivity contribution >= 4 is 34.2 Å². The first kappa shape index (κ1) is 18.6. The molecule has 1 aliphatic carbocycles. The average molecular weight is 398 g/mol. The molecule has 7 nitrogen and oxygen atoms in total. The van der Waals surface area contributed by atoms with Crippen molar-refractivity contribution in [2.24, 2.45) is 0 Å². The Morgan fingerprint density at radius 3 is 2.68 bits per heavy atom. The van der Waals surface area contributed by atoms with Gasteiger partial charge in [-0.2, -0.15) is 5.10 Å². The molecular weight excluding hydrogens is 376 g/mol. The summed E-state index contributed by atoms with van der Waals surface area (Å²) >= 11 is 1.54. The number of hydrogen-bond donors (Lipinski definition) is 2. The van der Waals surface area contributed by atoms with Crippen molar-refractivity contribution in [3.8, 4) is 10.6 Å². The van der Waals surface area contributed by atoms with E-state index in [2.05, 4.69) is 10.4 Å². The molecule has 0 radical (unpaired) electrons. The largest absolute Gasteiger partial charge is 0.480 e. The van der Waals surface area contributed by atoms with Gasteiger partial charge in [-0.3, -0.25) is 4.79 Å². The molecule has 2 N–H and O–H groups in total. The second-order valence-electron chi connectivity index (χ2n) is 7.50. The van der Waals surface area contributed by atoms with E-state index >= 15 is 0 Å². The molecule has 0 aliphatic heterocycles. The summed E-state index contributed by atoms with van der Waals surface area (Å²) in [7, 11) is 0. The van der Waals surface area contributed by atoms with Crippen molar-refractivity contribution in [1.82, 2.24) is 20.1 Å². The van der Waals surface area contributed by atoms with Gasteiger partial charge in [0.2, 0.25) is 0 Å². The number of aliphatic carboxylic acids is 1. The maximum Gasteiger partial charge on any atom is 0.329 e. The lowest BCUT2D eigenvalue weighted by atomic mass is 9.97. The van der Waals surface area contributed by atoms with Crippen molar-refractivity contribution in [2.45, 2.75) is 51.1 Å².